The molecule has 0 aromatic carbocycles. The van der Waals surface area contributed by atoms with Crippen molar-refractivity contribution >= 4 is 5.97 Å². The van der Waals surface area contributed by atoms with E-state index < -0.39 is 0 Å². The first-order valence-electron chi connectivity index (χ1n) is 8.73. The van der Waals surface area contributed by atoms with Crippen molar-refractivity contribution in [3.8, 4) is 0 Å². The molecule has 1 unspecified atom stereocenters. The molecule has 0 aliphatic heterocycles. The zero-order valence-corrected chi connectivity index (χ0v) is 14.8. The normalized spacial score (nSPS) is 26.6. The fourth-order valence-electron chi connectivity index (χ4n) is 4.05. The highest BCUT2D eigenvalue weighted by atomic mass is 16.5. The van der Waals surface area contributed by atoms with Gasteiger partial charge in [0.2, 0.25) is 0 Å². The zero-order valence-electron chi connectivity index (χ0n) is 14.8. The van der Waals surface area contributed by atoms with Crippen molar-refractivity contribution in [3.63, 3.8) is 0 Å². The number of carbonyl (C=O) groups excluding carboxylic acids is 1. The van der Waals surface area contributed by atoms with Crippen molar-refractivity contribution in [1.29, 1.82) is 0 Å². The molecule has 3 nitrogen and oxygen atoms in total. The van der Waals surface area contributed by atoms with Crippen LogP contribution in [-0.4, -0.2) is 13.1 Å². The molecular weight excluding hydrogens is 300 g/mol. The van der Waals surface area contributed by atoms with Gasteiger partial charge in [0.1, 0.15) is 0 Å². The SMILES string of the molecule is COC(=O)C1=CC=CC2=C(CCC(C)[C@]2(C)CCc2ccoc2)C1. The average molecular weight is 326 g/mol. The van der Waals surface area contributed by atoms with Crippen molar-refractivity contribution in [2.45, 2.75) is 46.0 Å². The van der Waals surface area contributed by atoms with Crippen molar-refractivity contribution in [2.75, 3.05) is 7.11 Å². The van der Waals surface area contributed by atoms with E-state index in [1.807, 2.05) is 24.5 Å². The minimum Gasteiger partial charge on any atom is -0.472 e. The lowest BCUT2D eigenvalue weighted by Gasteiger charge is -2.42. The van der Waals surface area contributed by atoms with Gasteiger partial charge in [-0.25, -0.2) is 4.79 Å². The van der Waals surface area contributed by atoms with Gasteiger partial charge in [-0.3, -0.25) is 0 Å². The van der Waals surface area contributed by atoms with E-state index in [1.54, 1.807) is 6.26 Å². The van der Waals surface area contributed by atoms with Gasteiger partial charge in [0.05, 0.1) is 19.6 Å². The minimum atomic E-state index is -0.216. The van der Waals surface area contributed by atoms with Crippen molar-refractivity contribution in [3.05, 3.63) is 59.1 Å². The molecule has 0 spiro atoms. The average Bonchev–Trinajstić information content (AvgIpc) is 3.01. The van der Waals surface area contributed by atoms with Crippen LogP contribution in [0.5, 0.6) is 0 Å². The molecule has 2 atom stereocenters. The zero-order chi connectivity index (χ0) is 17.2. The van der Waals surface area contributed by atoms with Crippen molar-refractivity contribution in [1.82, 2.24) is 0 Å². The lowest BCUT2D eigenvalue weighted by Crippen LogP contribution is -2.32. The molecule has 0 saturated heterocycles. The number of hydrogen-bond donors (Lipinski definition) is 0. The number of ether oxygens (including phenoxy) is 1. The van der Waals surface area contributed by atoms with Gasteiger partial charge in [-0.15, -0.1) is 0 Å². The second-order valence-electron chi connectivity index (χ2n) is 7.23. The third-order valence-electron chi connectivity index (χ3n) is 5.89. The van der Waals surface area contributed by atoms with Gasteiger partial charge >= 0.3 is 5.97 Å². The van der Waals surface area contributed by atoms with E-state index in [2.05, 4.69) is 19.9 Å². The van der Waals surface area contributed by atoms with Gasteiger partial charge in [-0.1, -0.05) is 37.6 Å². The molecule has 1 aromatic rings. The summed E-state index contributed by atoms with van der Waals surface area (Å²) in [6.45, 7) is 4.73. The number of aryl methyl sites for hydroxylation is 1. The Bertz CT molecular complexity index is 691. The predicted molar refractivity (Wildman–Crippen MR) is 94.4 cm³/mol. The molecule has 0 radical (unpaired) electrons. The van der Waals surface area contributed by atoms with Crippen LogP contribution < -0.4 is 0 Å². The van der Waals surface area contributed by atoms with Gasteiger partial charge in [-0.2, -0.15) is 0 Å². The molecule has 0 amide bonds. The molecule has 3 heteroatoms. The first-order chi connectivity index (χ1) is 11.5. The number of esters is 1. The summed E-state index contributed by atoms with van der Waals surface area (Å²) >= 11 is 0. The standard InChI is InChI=1S/C21H26O3/c1-15-7-8-17-13-18(20(22)23-3)5-4-6-19(17)21(15,2)11-9-16-10-12-24-14-16/h4-6,10,12,14-15H,7-9,11,13H2,1-3H3/t15?,21-/m0/s1. The van der Waals surface area contributed by atoms with Crippen molar-refractivity contribution < 1.29 is 13.9 Å². The number of hydrogen-bond acceptors (Lipinski definition) is 3. The minimum absolute atomic E-state index is 0.126. The first kappa shape index (κ1) is 16.8. The Balaban J connectivity index is 1.87. The van der Waals surface area contributed by atoms with Crippen LogP contribution in [0.15, 0.2) is 58.0 Å². The van der Waals surface area contributed by atoms with Gasteiger partial charge in [0.25, 0.3) is 0 Å². The summed E-state index contributed by atoms with van der Waals surface area (Å²) in [5, 5.41) is 0. The van der Waals surface area contributed by atoms with Gasteiger partial charge < -0.3 is 9.15 Å². The Kier molecular flexibility index (Phi) is 4.79. The Morgan fingerprint density at radius 2 is 2.29 bits per heavy atom. The number of rotatable bonds is 4. The van der Waals surface area contributed by atoms with Gasteiger partial charge in [-0.05, 0) is 54.2 Å². The van der Waals surface area contributed by atoms with E-state index in [1.165, 1.54) is 30.2 Å². The summed E-state index contributed by atoms with van der Waals surface area (Å²) in [5.41, 5.74) is 4.95. The molecular formula is C21H26O3. The number of carbonyl (C=O) groups is 1. The maximum absolute atomic E-state index is 11.9. The Labute approximate surface area is 144 Å². The predicted octanol–water partition coefficient (Wildman–Crippen LogP) is 5.00. The lowest BCUT2D eigenvalue weighted by atomic mass is 9.62. The maximum Gasteiger partial charge on any atom is 0.334 e. The first-order valence-corrected chi connectivity index (χ1v) is 8.73. The monoisotopic (exact) mass is 326 g/mol. The van der Waals surface area contributed by atoms with Crippen molar-refractivity contribution in [2.24, 2.45) is 11.3 Å². The summed E-state index contributed by atoms with van der Waals surface area (Å²) in [6, 6.07) is 2.05. The Morgan fingerprint density at radius 1 is 1.46 bits per heavy atom. The van der Waals surface area contributed by atoms with Crippen LogP contribution in [0, 0.1) is 11.3 Å². The summed E-state index contributed by atoms with van der Waals surface area (Å²) < 4.78 is 10.1. The molecule has 128 valence electrons. The Hall–Kier alpha value is -2.03. The van der Waals surface area contributed by atoms with Crippen LogP contribution >= 0.6 is 0 Å². The molecule has 0 bridgehead atoms. The van der Waals surface area contributed by atoms with E-state index >= 15 is 0 Å². The summed E-state index contributed by atoms with van der Waals surface area (Å²) in [6.07, 6.45) is 14.8. The van der Waals surface area contributed by atoms with Crippen LogP contribution in [-0.2, 0) is 16.0 Å². The van der Waals surface area contributed by atoms with Crippen LogP contribution in [0.4, 0.5) is 0 Å². The molecule has 2 aliphatic rings. The molecule has 3 rings (SSSR count). The van der Waals surface area contributed by atoms with Crippen LogP contribution in [0.2, 0.25) is 0 Å². The number of allylic oxidation sites excluding steroid dienone is 5. The van der Waals surface area contributed by atoms with Gasteiger partial charge in [0.15, 0.2) is 0 Å². The van der Waals surface area contributed by atoms with Crippen LogP contribution in [0.1, 0.15) is 45.1 Å². The molecule has 0 saturated carbocycles. The number of furan rings is 1. The fourth-order valence-corrected chi connectivity index (χ4v) is 4.05. The molecule has 24 heavy (non-hydrogen) atoms. The van der Waals surface area contributed by atoms with E-state index in [-0.39, 0.29) is 11.4 Å². The third-order valence-corrected chi connectivity index (χ3v) is 5.89. The van der Waals surface area contributed by atoms with Crippen LogP contribution in [0.25, 0.3) is 0 Å². The molecule has 0 N–H and O–H groups in total. The van der Waals surface area contributed by atoms with E-state index in [0.29, 0.717) is 12.3 Å². The second-order valence-corrected chi connectivity index (χ2v) is 7.23. The molecule has 2 aliphatic carbocycles. The summed E-state index contributed by atoms with van der Waals surface area (Å²) in [5.74, 6) is 0.402. The highest BCUT2D eigenvalue weighted by molar-refractivity contribution is 5.89. The summed E-state index contributed by atoms with van der Waals surface area (Å²) in [7, 11) is 1.45. The topological polar surface area (TPSA) is 39.4 Å². The van der Waals surface area contributed by atoms with E-state index in [4.69, 9.17) is 9.15 Å². The fraction of sp³-hybridized carbons (Fsp3) is 0.476. The Morgan fingerprint density at radius 3 is 3.00 bits per heavy atom. The van der Waals surface area contributed by atoms with E-state index in [0.717, 1.165) is 24.8 Å². The highest BCUT2D eigenvalue weighted by Crippen LogP contribution is 2.50. The molecule has 1 aromatic heterocycles. The number of methoxy groups -OCH3 is 1. The lowest BCUT2D eigenvalue weighted by molar-refractivity contribution is -0.136. The smallest absolute Gasteiger partial charge is 0.334 e. The van der Waals surface area contributed by atoms with Crippen LogP contribution in [0.3, 0.4) is 0 Å². The highest BCUT2D eigenvalue weighted by Gasteiger charge is 2.39. The molecule has 0 fully saturated rings. The maximum atomic E-state index is 11.9. The third kappa shape index (κ3) is 3.12. The summed E-state index contributed by atoms with van der Waals surface area (Å²) in [4.78, 5) is 11.9. The largest absolute Gasteiger partial charge is 0.472 e. The molecule has 1 heterocycles. The van der Waals surface area contributed by atoms with E-state index in [9.17, 15) is 4.79 Å². The quantitative estimate of drug-likeness (QED) is 0.731. The second kappa shape index (κ2) is 6.84. The van der Waals surface area contributed by atoms with Gasteiger partial charge in [0, 0.05) is 12.0 Å².